The van der Waals surface area contributed by atoms with E-state index in [9.17, 15) is 8.42 Å². The fraction of sp³-hybridized carbons (Fsp3) is 0.364. The summed E-state index contributed by atoms with van der Waals surface area (Å²) in [4.78, 5) is 14.3. The third-order valence-electron chi connectivity index (χ3n) is 4.38. The zero-order chi connectivity index (χ0) is 21.2. The first-order valence-electron chi connectivity index (χ1n) is 9.67. The number of hydrogen-bond acceptors (Lipinski definition) is 2. The van der Waals surface area contributed by atoms with Gasteiger partial charge in [-0.15, -0.1) is 0 Å². The maximum absolute atomic E-state index is 13.8. The van der Waals surface area contributed by atoms with Crippen LogP contribution in [0.15, 0.2) is 67.3 Å². The SMILES string of the molecule is Cc1ccc(S(=O)(=O)N(Cc2ccccc2)/[C](=[CH]/[Sn]([CH3])([CH3])[CH3])[Sn]([CH3])([CH3])[CH3])cc1. The van der Waals surface area contributed by atoms with Crippen molar-refractivity contribution < 1.29 is 8.42 Å². The molecule has 28 heavy (non-hydrogen) atoms. The Balaban J connectivity index is 2.67. The molecule has 0 aliphatic rings. The molecule has 2 rings (SSSR count). The molecule has 3 nitrogen and oxygen atoms in total. The van der Waals surface area contributed by atoms with Gasteiger partial charge in [0.1, 0.15) is 0 Å². The Kier molecular flexibility index (Phi) is 7.76. The average molecular weight is 613 g/mol. The van der Waals surface area contributed by atoms with Crippen LogP contribution in [0.1, 0.15) is 11.1 Å². The van der Waals surface area contributed by atoms with E-state index in [1.165, 1.54) is 0 Å². The molecule has 0 saturated heterocycles. The summed E-state index contributed by atoms with van der Waals surface area (Å²) in [6, 6.07) is 17.1. The maximum atomic E-state index is 13.8. The Morgan fingerprint density at radius 1 is 0.893 bits per heavy atom. The van der Waals surface area contributed by atoms with Gasteiger partial charge in [0, 0.05) is 0 Å². The van der Waals surface area contributed by atoms with Crippen LogP contribution in [0.5, 0.6) is 0 Å². The summed E-state index contributed by atoms with van der Waals surface area (Å²) in [6.07, 6.45) is 0. The third-order valence-corrected chi connectivity index (χ3v) is 17.8. The number of rotatable bonds is 7. The van der Waals surface area contributed by atoms with Crippen LogP contribution in [0.4, 0.5) is 0 Å². The van der Waals surface area contributed by atoms with Crippen molar-refractivity contribution in [2.75, 3.05) is 0 Å². The summed E-state index contributed by atoms with van der Waals surface area (Å²) in [5.74, 6) is 0. The Morgan fingerprint density at radius 2 is 1.43 bits per heavy atom. The van der Waals surface area contributed by atoms with E-state index in [0.29, 0.717) is 11.4 Å². The fourth-order valence-corrected chi connectivity index (χ4v) is 30.4. The molecular formula is C22H33NO2SSn2. The first kappa shape index (κ1) is 23.8. The van der Waals surface area contributed by atoms with Crippen molar-refractivity contribution in [2.24, 2.45) is 0 Å². The molecule has 152 valence electrons. The molecule has 0 amide bonds. The molecule has 0 heterocycles. The van der Waals surface area contributed by atoms with Gasteiger partial charge in [0.15, 0.2) is 0 Å². The number of hydrogen-bond donors (Lipinski definition) is 0. The Labute approximate surface area is 179 Å². The summed E-state index contributed by atoms with van der Waals surface area (Å²) in [6.45, 7) is 2.36. The van der Waals surface area contributed by atoms with Crippen LogP contribution >= 0.6 is 0 Å². The van der Waals surface area contributed by atoms with Crippen molar-refractivity contribution in [3.05, 3.63) is 73.5 Å². The molecule has 2 aromatic carbocycles. The van der Waals surface area contributed by atoms with E-state index >= 15 is 0 Å². The van der Waals surface area contributed by atoms with Gasteiger partial charge < -0.3 is 0 Å². The number of nitrogens with zero attached hydrogens (tertiary/aromatic N) is 1. The Morgan fingerprint density at radius 3 is 1.89 bits per heavy atom. The van der Waals surface area contributed by atoms with Crippen molar-refractivity contribution in [1.82, 2.24) is 4.31 Å². The number of sulfonamides is 1. The van der Waals surface area contributed by atoms with E-state index in [1.54, 1.807) is 16.4 Å². The monoisotopic (exact) mass is 615 g/mol. The zero-order valence-corrected chi connectivity index (χ0v) is 24.7. The summed E-state index contributed by atoms with van der Waals surface area (Å²) in [5, 5.41) is 0. The van der Waals surface area contributed by atoms with E-state index < -0.39 is 46.8 Å². The third kappa shape index (κ3) is 6.52. The fourth-order valence-electron chi connectivity index (χ4n) is 2.96. The van der Waals surface area contributed by atoms with E-state index in [4.69, 9.17) is 0 Å². The standard InChI is InChI=1S/C16H15NO2S.6CH3.2Sn/c1-3-17(13-15-7-5-4-6-8-15)20(18,19)16-11-9-14(2)10-12-16;;;;;;;;/h1,4-12H,13H2,2H3;6*1H3;;. The predicted octanol–water partition coefficient (Wildman–Crippen LogP) is 5.82. The predicted molar refractivity (Wildman–Crippen MR) is 125 cm³/mol. The van der Waals surface area contributed by atoms with Crippen LogP contribution < -0.4 is 0 Å². The van der Waals surface area contributed by atoms with E-state index in [1.807, 2.05) is 49.4 Å². The Hall–Kier alpha value is -0.473. The van der Waals surface area contributed by atoms with Gasteiger partial charge in [-0.1, -0.05) is 0 Å². The van der Waals surface area contributed by atoms with Gasteiger partial charge >= 0.3 is 181 Å². The Bertz CT molecular complexity index is 923. The topological polar surface area (TPSA) is 37.4 Å². The van der Waals surface area contributed by atoms with Gasteiger partial charge in [-0.3, -0.25) is 0 Å². The minimum atomic E-state index is -3.62. The van der Waals surface area contributed by atoms with E-state index in [2.05, 4.69) is 33.7 Å². The molecule has 0 saturated carbocycles. The van der Waals surface area contributed by atoms with Gasteiger partial charge in [-0.05, 0) is 0 Å². The number of aryl methyl sites for hydroxylation is 1. The number of benzene rings is 2. The van der Waals surface area contributed by atoms with Gasteiger partial charge in [0.2, 0.25) is 0 Å². The van der Waals surface area contributed by atoms with Crippen molar-refractivity contribution in [3.8, 4) is 0 Å². The summed E-state index contributed by atoms with van der Waals surface area (Å²) >= 11 is -5.13. The molecule has 0 N–H and O–H groups in total. The van der Waals surface area contributed by atoms with Crippen LogP contribution in [-0.2, 0) is 16.6 Å². The average Bonchev–Trinajstić information content (AvgIpc) is 2.57. The second-order valence-corrected chi connectivity index (χ2v) is 40.0. The molecule has 0 aliphatic carbocycles. The molecule has 0 spiro atoms. The van der Waals surface area contributed by atoms with Crippen LogP contribution in [0.3, 0.4) is 0 Å². The van der Waals surface area contributed by atoms with Crippen molar-refractivity contribution in [2.45, 2.75) is 48.0 Å². The van der Waals surface area contributed by atoms with Crippen LogP contribution in [0, 0.1) is 6.92 Å². The molecule has 0 radical (unpaired) electrons. The molecule has 0 fully saturated rings. The van der Waals surface area contributed by atoms with E-state index in [0.717, 1.165) is 14.8 Å². The van der Waals surface area contributed by atoms with Crippen molar-refractivity contribution >= 4 is 46.8 Å². The molecular weight excluding hydrogens is 580 g/mol. The molecule has 6 heteroatoms. The molecule has 0 atom stereocenters. The minimum absolute atomic E-state index is 0.375. The second-order valence-electron chi connectivity index (χ2n) is 9.46. The van der Waals surface area contributed by atoms with Crippen molar-refractivity contribution in [3.63, 3.8) is 0 Å². The second kappa shape index (κ2) is 9.12. The van der Waals surface area contributed by atoms with Gasteiger partial charge in [-0.25, -0.2) is 0 Å². The van der Waals surface area contributed by atoms with E-state index in [-0.39, 0.29) is 0 Å². The van der Waals surface area contributed by atoms with Crippen LogP contribution in [-0.4, -0.2) is 49.5 Å². The first-order valence-corrected chi connectivity index (χ1v) is 31.3. The summed E-state index contributed by atoms with van der Waals surface area (Å²) < 4.78 is 32.8. The summed E-state index contributed by atoms with van der Waals surface area (Å²) in [5.41, 5.74) is 2.08. The zero-order valence-electron chi connectivity index (χ0n) is 18.2. The van der Waals surface area contributed by atoms with Gasteiger partial charge in [0.25, 0.3) is 0 Å². The molecule has 0 bridgehead atoms. The first-order chi connectivity index (χ1) is 12.8. The molecule has 0 aliphatic heterocycles. The van der Waals surface area contributed by atoms with Crippen molar-refractivity contribution in [1.29, 1.82) is 0 Å². The van der Waals surface area contributed by atoms with Gasteiger partial charge in [-0.2, -0.15) is 0 Å². The van der Waals surface area contributed by atoms with Crippen LogP contribution in [0.2, 0.25) is 29.6 Å². The summed E-state index contributed by atoms with van der Waals surface area (Å²) in [7, 11) is -3.62. The quantitative estimate of drug-likeness (QED) is 0.370. The van der Waals surface area contributed by atoms with Crippen LogP contribution in [0.25, 0.3) is 0 Å². The molecule has 2 aromatic rings. The normalized spacial score (nSPS) is 13.5. The molecule has 0 aromatic heterocycles. The molecule has 0 unspecified atom stereocenters. The van der Waals surface area contributed by atoms with Gasteiger partial charge in [0.05, 0.1) is 0 Å².